The lowest BCUT2D eigenvalue weighted by Crippen LogP contribution is -2.15. The van der Waals surface area contributed by atoms with E-state index < -0.39 is 0 Å². The number of benzene rings is 9. The molecule has 0 fully saturated rings. The van der Waals surface area contributed by atoms with Gasteiger partial charge in [0.1, 0.15) is 0 Å². The fraction of sp³-hybridized carbons (Fsp3) is 0.0545. The molecule has 11 rings (SSSR count). The Morgan fingerprint density at radius 3 is 1.72 bits per heavy atom. The number of nitrogens with zero attached hydrogens (tertiary/aromatic N) is 2. The van der Waals surface area contributed by atoms with Crippen molar-refractivity contribution in [2.24, 2.45) is 0 Å². The van der Waals surface area contributed by atoms with Crippen molar-refractivity contribution in [3.8, 4) is 67.3 Å². The van der Waals surface area contributed by atoms with Crippen molar-refractivity contribution in [2.45, 2.75) is 19.3 Å². The third-order valence-corrected chi connectivity index (χ3v) is 12.1. The second-order valence-corrected chi connectivity index (χ2v) is 15.8. The molecule has 0 atom stereocenters. The van der Waals surface area contributed by atoms with E-state index in [1.54, 1.807) is 0 Å². The summed E-state index contributed by atoms with van der Waals surface area (Å²) in [6, 6.07) is 70.2. The summed E-state index contributed by atoms with van der Waals surface area (Å²) >= 11 is 0. The predicted molar refractivity (Wildman–Crippen MR) is 239 cm³/mol. The fourth-order valence-electron chi connectivity index (χ4n) is 9.10. The zero-order valence-corrected chi connectivity index (χ0v) is 31.9. The monoisotopic (exact) mass is 726 g/mol. The van der Waals surface area contributed by atoms with Crippen LogP contribution in [0.3, 0.4) is 0 Å². The Kier molecular flexibility index (Phi) is 7.55. The summed E-state index contributed by atoms with van der Waals surface area (Å²) in [5, 5.41) is 7.46. The lowest BCUT2D eigenvalue weighted by molar-refractivity contribution is 0.661. The molecule has 0 amide bonds. The molecular formula is C55H38N2. The SMILES string of the molecule is CC1(C)c2cc(-c3ccc(-c4cc(-c5ccc(-c6ccc7ccccc7c6)cc5)nc(-c5ccccc5)n4)c4ccccc34)ccc2-c2c1ccc1ccccc21. The molecule has 0 N–H and O–H groups in total. The Labute approximate surface area is 332 Å². The van der Waals surface area contributed by atoms with Gasteiger partial charge in [-0.3, -0.25) is 0 Å². The minimum absolute atomic E-state index is 0.112. The summed E-state index contributed by atoms with van der Waals surface area (Å²) in [6.07, 6.45) is 0. The van der Waals surface area contributed by atoms with Gasteiger partial charge in [0.05, 0.1) is 11.4 Å². The van der Waals surface area contributed by atoms with Gasteiger partial charge in [-0.25, -0.2) is 9.97 Å². The maximum absolute atomic E-state index is 5.25. The molecule has 10 aromatic rings. The lowest BCUT2D eigenvalue weighted by atomic mass is 9.81. The Hall–Kier alpha value is -7.16. The van der Waals surface area contributed by atoms with Crippen molar-refractivity contribution < 1.29 is 0 Å². The molecule has 0 saturated heterocycles. The van der Waals surface area contributed by atoms with E-state index in [0.717, 1.165) is 28.1 Å². The third kappa shape index (κ3) is 5.48. The molecule has 0 radical (unpaired) electrons. The predicted octanol–water partition coefficient (Wildman–Crippen LogP) is 14.6. The maximum atomic E-state index is 5.25. The van der Waals surface area contributed by atoms with Gasteiger partial charge in [0, 0.05) is 22.1 Å². The third-order valence-electron chi connectivity index (χ3n) is 12.1. The molecule has 1 heterocycles. The maximum Gasteiger partial charge on any atom is 0.160 e. The summed E-state index contributed by atoms with van der Waals surface area (Å²) in [7, 11) is 0. The summed E-state index contributed by atoms with van der Waals surface area (Å²) in [6.45, 7) is 4.73. The number of rotatable bonds is 5. The van der Waals surface area contributed by atoms with Crippen molar-refractivity contribution in [2.75, 3.05) is 0 Å². The first kappa shape index (κ1) is 33.2. The molecule has 0 spiro atoms. The first-order chi connectivity index (χ1) is 28.0. The normalized spacial score (nSPS) is 12.9. The summed E-state index contributed by atoms with van der Waals surface area (Å²) in [5.41, 5.74) is 15.1. The van der Waals surface area contributed by atoms with E-state index in [0.29, 0.717) is 5.82 Å². The molecule has 0 saturated carbocycles. The topological polar surface area (TPSA) is 25.8 Å². The van der Waals surface area contributed by atoms with Crippen LogP contribution in [0.1, 0.15) is 25.0 Å². The molecule has 9 aromatic carbocycles. The molecule has 1 aromatic heterocycles. The molecule has 0 unspecified atom stereocenters. The molecule has 57 heavy (non-hydrogen) atoms. The van der Waals surface area contributed by atoms with Crippen LogP contribution in [-0.4, -0.2) is 9.97 Å². The number of fused-ring (bicyclic) bond motifs is 7. The van der Waals surface area contributed by atoms with Crippen LogP contribution in [0.15, 0.2) is 194 Å². The van der Waals surface area contributed by atoms with Gasteiger partial charge in [0.2, 0.25) is 0 Å². The average molecular weight is 727 g/mol. The van der Waals surface area contributed by atoms with E-state index in [1.807, 2.05) is 18.2 Å². The van der Waals surface area contributed by atoms with Gasteiger partial charge in [0.15, 0.2) is 5.82 Å². The van der Waals surface area contributed by atoms with Gasteiger partial charge in [-0.05, 0) is 95.0 Å². The Bertz CT molecular complexity index is 3190. The second-order valence-electron chi connectivity index (χ2n) is 15.8. The van der Waals surface area contributed by atoms with Gasteiger partial charge in [-0.15, -0.1) is 0 Å². The molecule has 1 aliphatic carbocycles. The van der Waals surface area contributed by atoms with E-state index in [2.05, 4.69) is 190 Å². The average Bonchev–Trinajstić information content (AvgIpc) is 3.51. The molecule has 268 valence electrons. The Morgan fingerprint density at radius 2 is 0.912 bits per heavy atom. The zero-order valence-electron chi connectivity index (χ0n) is 31.9. The van der Waals surface area contributed by atoms with Gasteiger partial charge in [-0.1, -0.05) is 190 Å². The number of aromatic nitrogens is 2. The van der Waals surface area contributed by atoms with Crippen LogP contribution in [0.4, 0.5) is 0 Å². The van der Waals surface area contributed by atoms with Crippen LogP contribution in [0.25, 0.3) is 99.6 Å². The minimum Gasteiger partial charge on any atom is -0.228 e. The van der Waals surface area contributed by atoms with Gasteiger partial charge < -0.3 is 0 Å². The molecule has 2 heteroatoms. The lowest BCUT2D eigenvalue weighted by Gasteiger charge is -2.22. The summed E-state index contributed by atoms with van der Waals surface area (Å²) in [4.78, 5) is 10.4. The standard InChI is InChI=1S/C55H38N2/c1-55(2)49-31-27-37-13-8-9-17-44(37)53(49)48-28-26-42(33-50(48)55)43-29-30-47(46-19-11-10-18-45(43)46)52-34-51(56-54(57-52)39-14-4-3-5-15-39)38-23-20-36(21-24-38)41-25-22-35-12-6-7-16-40(35)32-41/h3-34H,1-2H3. The van der Waals surface area contributed by atoms with E-state index in [1.165, 1.54) is 76.8 Å². The van der Waals surface area contributed by atoms with E-state index in [-0.39, 0.29) is 5.41 Å². The fourth-order valence-corrected chi connectivity index (χ4v) is 9.10. The van der Waals surface area contributed by atoms with Crippen LogP contribution in [-0.2, 0) is 5.41 Å². The van der Waals surface area contributed by atoms with Crippen molar-refractivity contribution in [3.63, 3.8) is 0 Å². The van der Waals surface area contributed by atoms with Crippen LogP contribution < -0.4 is 0 Å². The van der Waals surface area contributed by atoms with Crippen LogP contribution in [0.5, 0.6) is 0 Å². The van der Waals surface area contributed by atoms with E-state index in [9.17, 15) is 0 Å². The molecule has 0 aliphatic heterocycles. The highest BCUT2D eigenvalue weighted by Crippen LogP contribution is 2.52. The quantitative estimate of drug-likeness (QED) is 0.176. The number of hydrogen-bond donors (Lipinski definition) is 0. The second kappa shape index (κ2) is 13.0. The first-order valence-corrected chi connectivity index (χ1v) is 19.7. The Balaban J connectivity index is 1.02. The highest BCUT2D eigenvalue weighted by molar-refractivity contribution is 6.06. The summed E-state index contributed by atoms with van der Waals surface area (Å²) < 4.78 is 0. The number of hydrogen-bond acceptors (Lipinski definition) is 2. The largest absolute Gasteiger partial charge is 0.228 e. The van der Waals surface area contributed by atoms with Gasteiger partial charge in [-0.2, -0.15) is 0 Å². The molecule has 0 bridgehead atoms. The van der Waals surface area contributed by atoms with Crippen LogP contribution in [0, 0.1) is 0 Å². The van der Waals surface area contributed by atoms with Gasteiger partial charge in [0.25, 0.3) is 0 Å². The van der Waals surface area contributed by atoms with Crippen LogP contribution >= 0.6 is 0 Å². The molecular weight excluding hydrogens is 689 g/mol. The van der Waals surface area contributed by atoms with Crippen molar-refractivity contribution in [3.05, 3.63) is 205 Å². The smallest absolute Gasteiger partial charge is 0.160 e. The first-order valence-electron chi connectivity index (χ1n) is 19.7. The molecule has 2 nitrogen and oxygen atoms in total. The molecule has 1 aliphatic rings. The zero-order chi connectivity index (χ0) is 38.1. The van der Waals surface area contributed by atoms with Crippen molar-refractivity contribution >= 4 is 32.3 Å². The minimum atomic E-state index is -0.112. The van der Waals surface area contributed by atoms with E-state index in [4.69, 9.17) is 9.97 Å². The highest BCUT2D eigenvalue weighted by atomic mass is 14.9. The van der Waals surface area contributed by atoms with Crippen molar-refractivity contribution in [1.29, 1.82) is 0 Å². The summed E-state index contributed by atoms with van der Waals surface area (Å²) in [5.74, 6) is 0.711. The van der Waals surface area contributed by atoms with Crippen LogP contribution in [0.2, 0.25) is 0 Å². The van der Waals surface area contributed by atoms with Gasteiger partial charge >= 0.3 is 0 Å². The van der Waals surface area contributed by atoms with Crippen molar-refractivity contribution in [1.82, 2.24) is 9.97 Å². The highest BCUT2D eigenvalue weighted by Gasteiger charge is 2.36. The van der Waals surface area contributed by atoms with E-state index >= 15 is 0 Å². The Morgan fingerprint density at radius 1 is 0.333 bits per heavy atom.